The van der Waals surface area contributed by atoms with Gasteiger partial charge in [0.1, 0.15) is 5.75 Å². The molecule has 2 atom stereocenters. The van der Waals surface area contributed by atoms with Crippen LogP contribution in [0.25, 0.3) is 0 Å². The minimum Gasteiger partial charge on any atom is -0.434 e. The molecule has 3 N–H and O–H groups in total. The van der Waals surface area contributed by atoms with E-state index in [1.54, 1.807) is 12.1 Å². The average Bonchev–Trinajstić information content (AvgIpc) is 2.84. The average molecular weight is 377 g/mol. The van der Waals surface area contributed by atoms with Crippen LogP contribution >= 0.6 is 15.9 Å². The molecule has 0 unspecified atom stereocenters. The van der Waals surface area contributed by atoms with Crippen LogP contribution in [0.1, 0.15) is 31.2 Å². The van der Waals surface area contributed by atoms with E-state index in [1.165, 1.54) is 6.07 Å². The number of ether oxygens (including phenoxy) is 1. The van der Waals surface area contributed by atoms with Crippen molar-refractivity contribution in [3.8, 4) is 5.75 Å². The van der Waals surface area contributed by atoms with Gasteiger partial charge >= 0.3 is 6.61 Å². The maximum Gasteiger partial charge on any atom is 0.387 e. The van der Waals surface area contributed by atoms with E-state index in [-0.39, 0.29) is 30.2 Å². The Balaban J connectivity index is 1.92. The van der Waals surface area contributed by atoms with Crippen LogP contribution in [0.15, 0.2) is 22.7 Å². The first kappa shape index (κ1) is 17.1. The highest BCUT2D eigenvalue weighted by Gasteiger charge is 2.26. The number of carbonyl (C=O) groups excluding carboxylic acids is 1. The van der Waals surface area contributed by atoms with Gasteiger partial charge in [0.05, 0.1) is 0 Å². The van der Waals surface area contributed by atoms with E-state index in [1.807, 2.05) is 0 Å². The quantitative estimate of drug-likeness (QED) is 0.801. The lowest BCUT2D eigenvalue weighted by Gasteiger charge is -2.16. The smallest absolute Gasteiger partial charge is 0.387 e. The summed E-state index contributed by atoms with van der Waals surface area (Å²) < 4.78 is 29.9. The van der Waals surface area contributed by atoms with Crippen LogP contribution in [0.4, 0.5) is 8.78 Å². The van der Waals surface area contributed by atoms with Crippen LogP contribution < -0.4 is 15.8 Å². The lowest BCUT2D eigenvalue weighted by Crippen LogP contribution is -2.31. The summed E-state index contributed by atoms with van der Waals surface area (Å²) in [5.41, 5.74) is 6.44. The van der Waals surface area contributed by atoms with E-state index in [2.05, 4.69) is 26.0 Å². The summed E-state index contributed by atoms with van der Waals surface area (Å²) in [5.74, 6) is 0.153. The second-order valence-electron chi connectivity index (χ2n) is 5.47. The van der Waals surface area contributed by atoms with Gasteiger partial charge in [0.2, 0.25) is 5.91 Å². The van der Waals surface area contributed by atoms with Gasteiger partial charge in [-0.05, 0) is 37.0 Å². The Morgan fingerprint density at radius 2 is 2.23 bits per heavy atom. The molecule has 0 aliphatic heterocycles. The molecule has 0 aromatic heterocycles. The Morgan fingerprint density at radius 1 is 1.45 bits per heavy atom. The van der Waals surface area contributed by atoms with Gasteiger partial charge in [0, 0.05) is 29.0 Å². The van der Waals surface area contributed by atoms with Crippen LogP contribution in [-0.2, 0) is 11.3 Å². The highest BCUT2D eigenvalue weighted by Crippen LogP contribution is 2.27. The van der Waals surface area contributed by atoms with Crippen LogP contribution in [0.3, 0.4) is 0 Å². The molecule has 1 aromatic carbocycles. The van der Waals surface area contributed by atoms with Crippen molar-refractivity contribution in [2.24, 2.45) is 11.7 Å². The van der Waals surface area contributed by atoms with E-state index in [9.17, 15) is 13.6 Å². The van der Waals surface area contributed by atoms with Crippen molar-refractivity contribution in [2.45, 2.75) is 44.9 Å². The lowest BCUT2D eigenvalue weighted by molar-refractivity contribution is -0.122. The number of rotatable bonds is 6. The molecule has 1 aromatic rings. The molecule has 0 bridgehead atoms. The number of nitrogens with two attached hydrogens (primary N) is 1. The van der Waals surface area contributed by atoms with Gasteiger partial charge in [-0.1, -0.05) is 22.4 Å². The fourth-order valence-corrected chi connectivity index (χ4v) is 3.13. The Morgan fingerprint density at radius 3 is 2.86 bits per heavy atom. The Labute approximate surface area is 136 Å². The summed E-state index contributed by atoms with van der Waals surface area (Å²) in [6, 6.07) is 4.79. The number of amides is 1. The number of carbonyl (C=O) groups is 1. The van der Waals surface area contributed by atoms with Gasteiger partial charge < -0.3 is 15.8 Å². The van der Waals surface area contributed by atoms with E-state index in [4.69, 9.17) is 5.73 Å². The molecule has 7 heteroatoms. The van der Waals surface area contributed by atoms with Crippen molar-refractivity contribution in [2.75, 3.05) is 0 Å². The predicted octanol–water partition coefficient (Wildman–Crippen LogP) is 3.18. The number of hydrogen-bond acceptors (Lipinski definition) is 3. The highest BCUT2D eigenvalue weighted by atomic mass is 79.9. The fraction of sp³-hybridized carbons (Fsp3) is 0.533. The second-order valence-corrected chi connectivity index (χ2v) is 6.38. The van der Waals surface area contributed by atoms with Crippen LogP contribution in [0, 0.1) is 5.92 Å². The van der Waals surface area contributed by atoms with Crippen molar-refractivity contribution >= 4 is 21.8 Å². The predicted molar refractivity (Wildman–Crippen MR) is 82.6 cm³/mol. The molecule has 1 fully saturated rings. The molecule has 1 aliphatic rings. The van der Waals surface area contributed by atoms with Crippen molar-refractivity contribution in [1.29, 1.82) is 0 Å². The normalized spacial score (nSPS) is 21.1. The summed E-state index contributed by atoms with van der Waals surface area (Å²) >= 11 is 3.28. The summed E-state index contributed by atoms with van der Waals surface area (Å²) in [4.78, 5) is 12.0. The lowest BCUT2D eigenvalue weighted by atomic mass is 10.00. The van der Waals surface area contributed by atoms with Crippen molar-refractivity contribution in [1.82, 2.24) is 5.32 Å². The molecule has 0 heterocycles. The first-order valence-electron chi connectivity index (χ1n) is 7.21. The number of alkyl halides is 2. The Kier molecular flexibility index (Phi) is 6.14. The zero-order chi connectivity index (χ0) is 16.1. The van der Waals surface area contributed by atoms with Crippen LogP contribution in [0.5, 0.6) is 5.75 Å². The summed E-state index contributed by atoms with van der Waals surface area (Å²) in [6.45, 7) is -2.76. The second kappa shape index (κ2) is 7.87. The van der Waals surface area contributed by atoms with Gasteiger partial charge in [0.25, 0.3) is 0 Å². The highest BCUT2D eigenvalue weighted by molar-refractivity contribution is 9.10. The van der Waals surface area contributed by atoms with E-state index in [0.717, 1.165) is 23.7 Å². The first-order valence-corrected chi connectivity index (χ1v) is 8.00. The molecule has 1 aliphatic carbocycles. The van der Waals surface area contributed by atoms with Crippen molar-refractivity contribution < 1.29 is 18.3 Å². The van der Waals surface area contributed by atoms with Crippen LogP contribution in [-0.4, -0.2) is 18.6 Å². The summed E-state index contributed by atoms with van der Waals surface area (Å²) in [5, 5.41) is 2.75. The third-order valence-electron chi connectivity index (χ3n) is 3.88. The minimum absolute atomic E-state index is 0.0658. The fourth-order valence-electron chi connectivity index (χ4n) is 2.72. The van der Waals surface area contributed by atoms with Gasteiger partial charge in [-0.2, -0.15) is 8.78 Å². The molecule has 4 nitrogen and oxygen atoms in total. The number of halogens is 3. The first-order chi connectivity index (χ1) is 10.5. The molecule has 2 rings (SSSR count). The molecule has 0 radical (unpaired) electrons. The van der Waals surface area contributed by atoms with Crippen molar-refractivity contribution in [3.63, 3.8) is 0 Å². The number of hydrogen-bond donors (Lipinski definition) is 2. The summed E-state index contributed by atoms with van der Waals surface area (Å²) in [6.07, 6.45) is 3.35. The number of nitrogens with one attached hydrogen (secondary N) is 1. The van der Waals surface area contributed by atoms with Gasteiger partial charge in [-0.15, -0.1) is 0 Å². The molecule has 0 saturated heterocycles. The third kappa shape index (κ3) is 4.91. The van der Waals surface area contributed by atoms with E-state index >= 15 is 0 Å². The third-order valence-corrected chi connectivity index (χ3v) is 4.37. The molecular weight excluding hydrogens is 358 g/mol. The maximum absolute atomic E-state index is 12.4. The Bertz CT molecular complexity index is 528. The van der Waals surface area contributed by atoms with Gasteiger partial charge in [0.15, 0.2) is 0 Å². The zero-order valence-electron chi connectivity index (χ0n) is 12.0. The van der Waals surface area contributed by atoms with Gasteiger partial charge in [-0.25, -0.2) is 0 Å². The van der Waals surface area contributed by atoms with E-state index < -0.39 is 6.61 Å². The summed E-state index contributed by atoms with van der Waals surface area (Å²) in [7, 11) is 0. The standard InChI is InChI=1S/C15H19BrF2N2O2/c16-11-4-5-13(22-15(17)18)10(6-11)8-20-14(21)7-9-2-1-3-12(9)19/h4-6,9,12,15H,1-3,7-8,19H2,(H,20,21)/t9-,12+/m0/s1. The largest absolute Gasteiger partial charge is 0.434 e. The molecular formula is C15H19BrF2N2O2. The van der Waals surface area contributed by atoms with Crippen LogP contribution in [0.2, 0.25) is 0 Å². The van der Waals surface area contributed by atoms with Gasteiger partial charge in [-0.3, -0.25) is 4.79 Å². The SMILES string of the molecule is N[C@@H]1CCC[C@H]1CC(=O)NCc1cc(Br)ccc1OC(F)F. The maximum atomic E-state index is 12.4. The zero-order valence-corrected chi connectivity index (χ0v) is 13.6. The molecule has 1 amide bonds. The van der Waals surface area contributed by atoms with Crippen molar-refractivity contribution in [3.05, 3.63) is 28.2 Å². The molecule has 1 saturated carbocycles. The topological polar surface area (TPSA) is 64.4 Å². The van der Waals surface area contributed by atoms with E-state index in [0.29, 0.717) is 12.0 Å². The molecule has 0 spiro atoms. The Hall–Kier alpha value is -1.21. The minimum atomic E-state index is -2.90. The monoisotopic (exact) mass is 376 g/mol. The number of benzene rings is 1. The molecule has 122 valence electrons. The molecule has 22 heavy (non-hydrogen) atoms.